The van der Waals surface area contributed by atoms with E-state index in [2.05, 4.69) is 44.1 Å². The first-order valence-electron chi connectivity index (χ1n) is 5.58. The van der Waals surface area contributed by atoms with Gasteiger partial charge in [0.25, 0.3) is 0 Å². The standard InChI is InChI=1S/C16H19N/c1-6-7-13(3)17-15(5)14(4)16-10-8-12(2)9-11-16/h6-11,17H,3-5H2,1-2H3/b7-6-. The van der Waals surface area contributed by atoms with E-state index in [0.717, 1.165) is 22.5 Å². The van der Waals surface area contributed by atoms with Crippen molar-refractivity contribution in [3.63, 3.8) is 0 Å². The van der Waals surface area contributed by atoms with E-state index in [1.165, 1.54) is 5.56 Å². The van der Waals surface area contributed by atoms with Crippen molar-refractivity contribution in [2.45, 2.75) is 13.8 Å². The summed E-state index contributed by atoms with van der Waals surface area (Å²) in [5.74, 6) is 0. The van der Waals surface area contributed by atoms with Crippen LogP contribution in [0, 0.1) is 6.92 Å². The molecule has 0 aromatic heterocycles. The van der Waals surface area contributed by atoms with Crippen molar-refractivity contribution in [3.05, 3.63) is 78.7 Å². The van der Waals surface area contributed by atoms with Crippen molar-refractivity contribution in [2.75, 3.05) is 0 Å². The Labute approximate surface area is 104 Å². The Balaban J connectivity index is 2.73. The summed E-state index contributed by atoms with van der Waals surface area (Å²) in [6.45, 7) is 15.9. The zero-order chi connectivity index (χ0) is 12.8. The second kappa shape index (κ2) is 5.90. The maximum Gasteiger partial charge on any atom is 0.0384 e. The lowest BCUT2D eigenvalue weighted by Gasteiger charge is -2.12. The largest absolute Gasteiger partial charge is 0.356 e. The molecule has 0 aliphatic heterocycles. The van der Waals surface area contributed by atoms with Crippen molar-refractivity contribution in [2.24, 2.45) is 0 Å². The molecule has 1 aromatic rings. The first-order valence-corrected chi connectivity index (χ1v) is 5.58. The van der Waals surface area contributed by atoms with Crippen molar-refractivity contribution in [1.29, 1.82) is 0 Å². The summed E-state index contributed by atoms with van der Waals surface area (Å²) < 4.78 is 0. The van der Waals surface area contributed by atoms with Crippen LogP contribution in [0.4, 0.5) is 0 Å². The zero-order valence-electron chi connectivity index (χ0n) is 10.6. The van der Waals surface area contributed by atoms with E-state index in [1.54, 1.807) is 0 Å². The molecule has 1 rings (SSSR count). The van der Waals surface area contributed by atoms with Crippen molar-refractivity contribution in [3.8, 4) is 0 Å². The third kappa shape index (κ3) is 3.80. The molecule has 1 aromatic carbocycles. The van der Waals surface area contributed by atoms with E-state index in [0.29, 0.717) is 0 Å². The molecule has 0 saturated carbocycles. The molecule has 0 spiro atoms. The third-order valence-corrected chi connectivity index (χ3v) is 2.44. The van der Waals surface area contributed by atoms with E-state index in [1.807, 2.05) is 31.2 Å². The minimum absolute atomic E-state index is 0.775. The van der Waals surface area contributed by atoms with Crippen LogP contribution in [-0.2, 0) is 0 Å². The zero-order valence-corrected chi connectivity index (χ0v) is 10.6. The summed E-state index contributed by atoms with van der Waals surface area (Å²) in [4.78, 5) is 0. The highest BCUT2D eigenvalue weighted by atomic mass is 14.9. The molecule has 1 nitrogen and oxygen atoms in total. The quantitative estimate of drug-likeness (QED) is 0.740. The van der Waals surface area contributed by atoms with Crippen LogP contribution in [-0.4, -0.2) is 0 Å². The second-order valence-corrected chi connectivity index (χ2v) is 3.97. The van der Waals surface area contributed by atoms with Crippen molar-refractivity contribution in [1.82, 2.24) is 5.32 Å². The summed E-state index contributed by atoms with van der Waals surface area (Å²) in [5, 5.41) is 3.12. The minimum Gasteiger partial charge on any atom is -0.356 e. The molecule has 0 heterocycles. The summed E-state index contributed by atoms with van der Waals surface area (Å²) in [6.07, 6.45) is 3.82. The molecule has 0 radical (unpaired) electrons. The fraction of sp³-hybridized carbons (Fsp3) is 0.125. The van der Waals surface area contributed by atoms with Gasteiger partial charge in [0.15, 0.2) is 0 Å². The van der Waals surface area contributed by atoms with Gasteiger partial charge in [0.05, 0.1) is 0 Å². The SMILES string of the molecule is C=C(/C=C\C)NC(=C)C(=C)c1ccc(C)cc1. The molecule has 0 bridgehead atoms. The predicted molar refractivity (Wildman–Crippen MR) is 76.4 cm³/mol. The number of benzene rings is 1. The highest BCUT2D eigenvalue weighted by Crippen LogP contribution is 2.19. The van der Waals surface area contributed by atoms with Crippen LogP contribution >= 0.6 is 0 Å². The van der Waals surface area contributed by atoms with E-state index in [4.69, 9.17) is 0 Å². The third-order valence-electron chi connectivity index (χ3n) is 2.44. The van der Waals surface area contributed by atoms with E-state index in [-0.39, 0.29) is 0 Å². The van der Waals surface area contributed by atoms with E-state index in [9.17, 15) is 0 Å². The average molecular weight is 225 g/mol. The van der Waals surface area contributed by atoms with Gasteiger partial charge in [-0.25, -0.2) is 0 Å². The molecule has 0 saturated heterocycles. The lowest BCUT2D eigenvalue weighted by molar-refractivity contribution is 1.07. The number of aryl methyl sites for hydroxylation is 1. The minimum atomic E-state index is 0.775. The predicted octanol–water partition coefficient (Wildman–Crippen LogP) is 4.20. The molecule has 88 valence electrons. The van der Waals surface area contributed by atoms with Gasteiger partial charge in [0.2, 0.25) is 0 Å². The summed E-state index contributed by atoms with van der Waals surface area (Å²) >= 11 is 0. The normalized spacial score (nSPS) is 10.2. The Bertz CT molecular complexity index is 461. The first kappa shape index (κ1) is 13.0. The fourth-order valence-corrected chi connectivity index (χ4v) is 1.44. The van der Waals surface area contributed by atoms with Crippen LogP contribution in [0.15, 0.2) is 67.5 Å². The number of rotatable bonds is 5. The fourth-order valence-electron chi connectivity index (χ4n) is 1.44. The van der Waals surface area contributed by atoms with Gasteiger partial charge >= 0.3 is 0 Å². The van der Waals surface area contributed by atoms with Gasteiger partial charge in [-0.2, -0.15) is 0 Å². The first-order chi connectivity index (χ1) is 8.04. The summed E-state index contributed by atoms with van der Waals surface area (Å²) in [7, 11) is 0. The van der Waals surface area contributed by atoms with Gasteiger partial charge in [-0.05, 0) is 31.1 Å². The molecule has 0 fully saturated rings. The summed E-state index contributed by atoms with van der Waals surface area (Å²) in [5.41, 5.74) is 4.78. The maximum absolute atomic E-state index is 4.04. The second-order valence-electron chi connectivity index (χ2n) is 3.97. The van der Waals surface area contributed by atoms with Crippen molar-refractivity contribution < 1.29 is 0 Å². The highest BCUT2D eigenvalue weighted by Gasteiger charge is 2.03. The van der Waals surface area contributed by atoms with Gasteiger partial charge in [0, 0.05) is 11.4 Å². The van der Waals surface area contributed by atoms with Crippen LogP contribution in [0.5, 0.6) is 0 Å². The molecule has 17 heavy (non-hydrogen) atoms. The Kier molecular flexibility index (Phi) is 4.53. The number of hydrogen-bond donors (Lipinski definition) is 1. The Morgan fingerprint density at radius 2 is 1.71 bits per heavy atom. The molecule has 0 aliphatic rings. The molecule has 1 heteroatoms. The smallest absolute Gasteiger partial charge is 0.0384 e. The lowest BCUT2D eigenvalue weighted by atomic mass is 10.0. The molecule has 0 amide bonds. The Morgan fingerprint density at radius 3 is 2.24 bits per heavy atom. The topological polar surface area (TPSA) is 12.0 Å². The van der Waals surface area contributed by atoms with E-state index >= 15 is 0 Å². The molecule has 0 aliphatic carbocycles. The van der Waals surface area contributed by atoms with Crippen LogP contribution in [0.1, 0.15) is 18.1 Å². The maximum atomic E-state index is 4.04. The van der Waals surface area contributed by atoms with E-state index < -0.39 is 0 Å². The monoisotopic (exact) mass is 225 g/mol. The number of nitrogens with one attached hydrogen (secondary N) is 1. The average Bonchev–Trinajstić information content (AvgIpc) is 2.29. The van der Waals surface area contributed by atoms with Crippen molar-refractivity contribution >= 4 is 5.57 Å². The van der Waals surface area contributed by atoms with Crippen LogP contribution < -0.4 is 5.32 Å². The van der Waals surface area contributed by atoms with Crippen LogP contribution in [0.25, 0.3) is 5.57 Å². The van der Waals surface area contributed by atoms with Gasteiger partial charge < -0.3 is 5.32 Å². The lowest BCUT2D eigenvalue weighted by Crippen LogP contribution is -2.10. The van der Waals surface area contributed by atoms with Gasteiger partial charge in [0.1, 0.15) is 0 Å². The Hall–Kier alpha value is -2.02. The van der Waals surface area contributed by atoms with Crippen LogP contribution in [0.3, 0.4) is 0 Å². The van der Waals surface area contributed by atoms with Gasteiger partial charge in [-0.15, -0.1) is 0 Å². The molecular formula is C16H19N. The van der Waals surface area contributed by atoms with Gasteiger partial charge in [-0.3, -0.25) is 0 Å². The van der Waals surface area contributed by atoms with Crippen LogP contribution in [0.2, 0.25) is 0 Å². The molecule has 1 N–H and O–H groups in total. The molecule has 0 unspecified atom stereocenters. The number of hydrogen-bond acceptors (Lipinski definition) is 1. The Morgan fingerprint density at radius 1 is 1.12 bits per heavy atom. The molecule has 0 atom stereocenters. The highest BCUT2D eigenvalue weighted by molar-refractivity contribution is 5.76. The van der Waals surface area contributed by atoms with Gasteiger partial charge in [-0.1, -0.05) is 55.6 Å². The molecular weight excluding hydrogens is 206 g/mol. The number of allylic oxidation sites excluding steroid dienone is 3. The summed E-state index contributed by atoms with van der Waals surface area (Å²) in [6, 6.07) is 8.22.